The molecule has 3 aromatic rings. The lowest BCUT2D eigenvalue weighted by Crippen LogP contribution is -2.29. The molecule has 0 radical (unpaired) electrons. The van der Waals surface area contributed by atoms with Gasteiger partial charge in [-0.15, -0.1) is 0 Å². The van der Waals surface area contributed by atoms with Crippen LogP contribution in [0.2, 0.25) is 5.02 Å². The van der Waals surface area contributed by atoms with Gasteiger partial charge in [0.1, 0.15) is 5.76 Å². The van der Waals surface area contributed by atoms with Crippen LogP contribution in [-0.2, 0) is 6.54 Å². The normalized spacial score (nSPS) is 14.8. The van der Waals surface area contributed by atoms with Gasteiger partial charge in [-0.25, -0.2) is 0 Å². The molecule has 0 spiro atoms. The summed E-state index contributed by atoms with van der Waals surface area (Å²) in [5, 5.41) is 3.52. The smallest absolute Gasteiger partial charge is 0.291 e. The first-order chi connectivity index (χ1) is 13.7. The van der Waals surface area contributed by atoms with Crippen LogP contribution in [0.1, 0.15) is 35.4 Å². The van der Waals surface area contributed by atoms with Crippen molar-refractivity contribution in [2.24, 2.45) is 0 Å². The minimum absolute atomic E-state index is 0.267. The number of carbonyl (C=O) groups excluding carboxylic acids is 1. The molecule has 1 aromatic heterocycles. The van der Waals surface area contributed by atoms with Crippen molar-refractivity contribution in [3.8, 4) is 11.3 Å². The molecule has 2 aromatic carbocycles. The Morgan fingerprint density at radius 1 is 1.00 bits per heavy atom. The molecule has 5 heteroatoms. The number of amides is 1. The molecule has 4 rings (SSSR count). The van der Waals surface area contributed by atoms with Crippen molar-refractivity contribution in [1.82, 2.24) is 4.90 Å². The van der Waals surface area contributed by atoms with E-state index < -0.39 is 0 Å². The Labute approximate surface area is 170 Å². The van der Waals surface area contributed by atoms with Gasteiger partial charge in [0.25, 0.3) is 5.91 Å². The Hall–Kier alpha value is -2.56. The molecule has 1 fully saturated rings. The first-order valence-electron chi connectivity index (χ1n) is 9.66. The number of likely N-dealkylation sites (tertiary alicyclic amines) is 1. The monoisotopic (exact) mass is 394 g/mol. The average Bonchev–Trinajstić information content (AvgIpc) is 3.21. The van der Waals surface area contributed by atoms with Crippen molar-refractivity contribution in [1.29, 1.82) is 0 Å². The number of hydrogen-bond acceptors (Lipinski definition) is 3. The van der Waals surface area contributed by atoms with Crippen molar-refractivity contribution in [2.75, 3.05) is 18.4 Å². The maximum atomic E-state index is 12.5. The van der Waals surface area contributed by atoms with Gasteiger partial charge in [0.05, 0.1) is 0 Å². The summed E-state index contributed by atoms with van der Waals surface area (Å²) in [6.45, 7) is 3.31. The zero-order valence-corrected chi connectivity index (χ0v) is 16.4. The van der Waals surface area contributed by atoms with Crippen molar-refractivity contribution in [3.63, 3.8) is 0 Å². The van der Waals surface area contributed by atoms with Gasteiger partial charge >= 0.3 is 0 Å². The van der Waals surface area contributed by atoms with Crippen LogP contribution in [0.5, 0.6) is 0 Å². The Morgan fingerprint density at radius 2 is 1.79 bits per heavy atom. The van der Waals surface area contributed by atoms with E-state index >= 15 is 0 Å². The Morgan fingerprint density at radius 3 is 2.54 bits per heavy atom. The molecule has 0 atom stereocenters. The predicted octanol–water partition coefficient (Wildman–Crippen LogP) is 5.84. The molecule has 0 bridgehead atoms. The van der Waals surface area contributed by atoms with E-state index in [0.717, 1.165) is 17.8 Å². The molecule has 1 saturated heterocycles. The van der Waals surface area contributed by atoms with E-state index in [1.165, 1.54) is 37.9 Å². The van der Waals surface area contributed by atoms with E-state index in [1.807, 2.05) is 30.3 Å². The van der Waals surface area contributed by atoms with Crippen molar-refractivity contribution >= 4 is 23.2 Å². The summed E-state index contributed by atoms with van der Waals surface area (Å²) in [6.07, 6.45) is 3.91. The molecule has 4 nitrogen and oxygen atoms in total. The van der Waals surface area contributed by atoms with Gasteiger partial charge in [-0.3, -0.25) is 9.69 Å². The number of hydrogen-bond donors (Lipinski definition) is 1. The van der Waals surface area contributed by atoms with Crippen LogP contribution in [0.4, 0.5) is 5.69 Å². The Balaban J connectivity index is 1.38. The summed E-state index contributed by atoms with van der Waals surface area (Å²) >= 11 is 6.02. The van der Waals surface area contributed by atoms with Crippen LogP contribution in [-0.4, -0.2) is 23.9 Å². The van der Waals surface area contributed by atoms with Crippen LogP contribution >= 0.6 is 11.6 Å². The Bertz CT molecular complexity index is 943. The summed E-state index contributed by atoms with van der Waals surface area (Å²) < 4.78 is 5.71. The third-order valence-corrected chi connectivity index (χ3v) is 5.24. The van der Waals surface area contributed by atoms with Crippen LogP contribution in [0.25, 0.3) is 11.3 Å². The lowest BCUT2D eigenvalue weighted by atomic mass is 10.1. The minimum Gasteiger partial charge on any atom is -0.451 e. The SMILES string of the molecule is O=C(Nc1ccc(CN2CCCCC2)cc1)c1ccc(-c2cccc(Cl)c2)o1. The molecule has 0 saturated carbocycles. The topological polar surface area (TPSA) is 45.5 Å². The highest BCUT2D eigenvalue weighted by Gasteiger charge is 2.14. The van der Waals surface area contributed by atoms with E-state index in [1.54, 1.807) is 18.2 Å². The molecular weight excluding hydrogens is 372 g/mol. The lowest BCUT2D eigenvalue weighted by molar-refractivity contribution is 0.0997. The molecule has 28 heavy (non-hydrogen) atoms. The van der Waals surface area contributed by atoms with Gasteiger partial charge in [-0.2, -0.15) is 0 Å². The molecule has 144 valence electrons. The molecular formula is C23H23ClN2O2. The maximum Gasteiger partial charge on any atom is 0.291 e. The highest BCUT2D eigenvalue weighted by atomic mass is 35.5. The van der Waals surface area contributed by atoms with Crippen LogP contribution < -0.4 is 5.32 Å². The van der Waals surface area contributed by atoms with E-state index in [2.05, 4.69) is 22.3 Å². The number of benzene rings is 2. The Kier molecular flexibility index (Phi) is 5.79. The summed E-state index contributed by atoms with van der Waals surface area (Å²) in [5.41, 5.74) is 2.86. The summed E-state index contributed by atoms with van der Waals surface area (Å²) in [4.78, 5) is 15.0. The lowest BCUT2D eigenvalue weighted by Gasteiger charge is -2.26. The molecule has 1 N–H and O–H groups in total. The second-order valence-corrected chi connectivity index (χ2v) is 7.60. The fourth-order valence-corrected chi connectivity index (χ4v) is 3.71. The third kappa shape index (κ3) is 4.64. The second-order valence-electron chi connectivity index (χ2n) is 7.16. The molecule has 1 aliphatic heterocycles. The van der Waals surface area contributed by atoms with Gasteiger partial charge in [0.15, 0.2) is 5.76 Å². The number of furan rings is 1. The fourth-order valence-electron chi connectivity index (χ4n) is 3.52. The zero-order chi connectivity index (χ0) is 19.3. The minimum atomic E-state index is -0.267. The number of anilines is 1. The molecule has 0 aliphatic carbocycles. The second kappa shape index (κ2) is 8.63. The molecule has 1 aliphatic rings. The fraction of sp³-hybridized carbons (Fsp3) is 0.261. The van der Waals surface area contributed by atoms with Gasteiger partial charge in [-0.05, 0) is 67.9 Å². The quantitative estimate of drug-likeness (QED) is 0.591. The number of nitrogens with one attached hydrogen (secondary N) is 1. The van der Waals surface area contributed by atoms with Crippen molar-refractivity contribution in [3.05, 3.63) is 77.0 Å². The van der Waals surface area contributed by atoms with E-state index in [4.69, 9.17) is 16.0 Å². The van der Waals surface area contributed by atoms with Crippen molar-refractivity contribution < 1.29 is 9.21 Å². The number of halogens is 1. The highest BCUT2D eigenvalue weighted by molar-refractivity contribution is 6.30. The van der Waals surface area contributed by atoms with Gasteiger partial charge in [0.2, 0.25) is 0 Å². The highest BCUT2D eigenvalue weighted by Crippen LogP contribution is 2.25. The first kappa shape index (κ1) is 18.8. The molecule has 2 heterocycles. The molecule has 1 amide bonds. The van der Waals surface area contributed by atoms with Crippen LogP contribution in [0.15, 0.2) is 65.1 Å². The summed E-state index contributed by atoms with van der Waals surface area (Å²) in [5.74, 6) is 0.619. The number of rotatable bonds is 5. The van der Waals surface area contributed by atoms with Gasteiger partial charge in [-0.1, -0.05) is 42.3 Å². The predicted molar refractivity (Wildman–Crippen MR) is 113 cm³/mol. The van der Waals surface area contributed by atoms with Crippen molar-refractivity contribution in [2.45, 2.75) is 25.8 Å². The van der Waals surface area contributed by atoms with E-state index in [0.29, 0.717) is 10.8 Å². The van der Waals surface area contributed by atoms with Gasteiger partial charge in [0, 0.05) is 22.8 Å². The maximum absolute atomic E-state index is 12.5. The zero-order valence-electron chi connectivity index (χ0n) is 15.7. The summed E-state index contributed by atoms with van der Waals surface area (Å²) in [6, 6.07) is 18.8. The standard InChI is InChI=1S/C23H23ClN2O2/c24-19-6-4-5-18(15-19)21-11-12-22(28-21)23(27)25-20-9-7-17(8-10-20)16-26-13-2-1-3-14-26/h4-12,15H,1-3,13-14,16H2,(H,25,27). The number of carbonyl (C=O) groups is 1. The summed E-state index contributed by atoms with van der Waals surface area (Å²) in [7, 11) is 0. The third-order valence-electron chi connectivity index (χ3n) is 5.01. The largest absolute Gasteiger partial charge is 0.451 e. The van der Waals surface area contributed by atoms with E-state index in [-0.39, 0.29) is 11.7 Å². The van der Waals surface area contributed by atoms with E-state index in [9.17, 15) is 4.79 Å². The molecule has 0 unspecified atom stereocenters. The van der Waals surface area contributed by atoms with Gasteiger partial charge < -0.3 is 9.73 Å². The number of nitrogens with zero attached hydrogens (tertiary/aromatic N) is 1. The first-order valence-corrected chi connectivity index (χ1v) is 10.0. The average molecular weight is 395 g/mol. The number of piperidine rings is 1. The van der Waals surface area contributed by atoms with Crippen LogP contribution in [0, 0.1) is 0 Å². The van der Waals surface area contributed by atoms with Crippen LogP contribution in [0.3, 0.4) is 0 Å².